The number of benzene rings is 1. The van der Waals surface area contributed by atoms with Gasteiger partial charge in [-0.05, 0) is 37.5 Å². The number of nitrogens with zero attached hydrogens (tertiary/aromatic N) is 1. The molecule has 1 rings (SSSR count). The lowest BCUT2D eigenvalue weighted by atomic mass is 10.0. The summed E-state index contributed by atoms with van der Waals surface area (Å²) in [5, 5.41) is 2.61. The van der Waals surface area contributed by atoms with Crippen LogP contribution in [-0.4, -0.2) is 27.2 Å². The Morgan fingerprint density at radius 2 is 1.78 bits per heavy atom. The van der Waals surface area contributed by atoms with Crippen LogP contribution in [0.25, 0.3) is 0 Å². The van der Waals surface area contributed by atoms with Crippen molar-refractivity contribution in [2.75, 3.05) is 26.1 Å². The number of hydrogen-bond acceptors (Lipinski definition) is 2. The minimum atomic E-state index is -0.174. The molecule has 5 heteroatoms. The van der Waals surface area contributed by atoms with Crippen LogP contribution in [0.5, 0.6) is 5.75 Å². The van der Waals surface area contributed by atoms with Gasteiger partial charge < -0.3 is 10.1 Å². The highest BCUT2D eigenvalue weighted by Gasteiger charge is 2.22. The Morgan fingerprint density at radius 3 is 2.22 bits per heavy atom. The first-order chi connectivity index (χ1) is 8.36. The van der Waals surface area contributed by atoms with Crippen molar-refractivity contribution in [1.29, 1.82) is 0 Å². The zero-order chi connectivity index (χ0) is 14.0. The van der Waals surface area contributed by atoms with Gasteiger partial charge in [-0.25, -0.2) is 4.79 Å². The Bertz CT molecular complexity index is 487. The van der Waals surface area contributed by atoms with Crippen LogP contribution in [-0.2, 0) is 0 Å². The molecule has 0 bridgehead atoms. The number of anilines is 1. The first-order valence-electron chi connectivity index (χ1n) is 5.65. The van der Waals surface area contributed by atoms with E-state index in [9.17, 15) is 4.79 Å². The standard InChI is InChI=1S/C13H19BrN2O2/c1-7-8(2)12(18-6)11(9(3)10(7)14)16(5)13(17)15-4/h1-6H3,(H,15,17). The van der Waals surface area contributed by atoms with Crippen molar-refractivity contribution in [3.05, 3.63) is 21.2 Å². The van der Waals surface area contributed by atoms with Gasteiger partial charge >= 0.3 is 6.03 Å². The van der Waals surface area contributed by atoms with Crippen LogP contribution in [0.2, 0.25) is 0 Å². The van der Waals surface area contributed by atoms with E-state index in [0.29, 0.717) is 0 Å². The van der Waals surface area contributed by atoms with Gasteiger partial charge in [-0.15, -0.1) is 0 Å². The van der Waals surface area contributed by atoms with E-state index < -0.39 is 0 Å². The molecule has 0 heterocycles. The summed E-state index contributed by atoms with van der Waals surface area (Å²) < 4.78 is 6.47. The van der Waals surface area contributed by atoms with Crippen molar-refractivity contribution in [1.82, 2.24) is 5.32 Å². The Balaban J connectivity index is 3.56. The number of halogens is 1. The lowest BCUT2D eigenvalue weighted by molar-refractivity contribution is 0.249. The minimum Gasteiger partial charge on any atom is -0.494 e. The highest BCUT2D eigenvalue weighted by atomic mass is 79.9. The van der Waals surface area contributed by atoms with Gasteiger partial charge in [0, 0.05) is 18.6 Å². The number of nitrogens with one attached hydrogen (secondary N) is 1. The maximum absolute atomic E-state index is 11.8. The number of ether oxygens (including phenoxy) is 1. The van der Waals surface area contributed by atoms with Gasteiger partial charge in [0.25, 0.3) is 0 Å². The number of carbonyl (C=O) groups excluding carboxylic acids is 1. The number of carbonyl (C=O) groups is 1. The Kier molecular flexibility index (Phi) is 4.62. The fraction of sp³-hybridized carbons (Fsp3) is 0.462. The second-order valence-corrected chi connectivity index (χ2v) is 4.98. The summed E-state index contributed by atoms with van der Waals surface area (Å²) in [6.45, 7) is 5.98. The summed E-state index contributed by atoms with van der Waals surface area (Å²) in [7, 11) is 4.96. The van der Waals surface area contributed by atoms with E-state index in [4.69, 9.17) is 4.74 Å². The number of hydrogen-bond donors (Lipinski definition) is 1. The van der Waals surface area contributed by atoms with E-state index >= 15 is 0 Å². The molecular formula is C13H19BrN2O2. The van der Waals surface area contributed by atoms with Crippen molar-refractivity contribution in [3.63, 3.8) is 0 Å². The van der Waals surface area contributed by atoms with Crippen molar-refractivity contribution in [2.24, 2.45) is 0 Å². The molecule has 1 N–H and O–H groups in total. The summed E-state index contributed by atoms with van der Waals surface area (Å²) in [6, 6.07) is -0.174. The maximum Gasteiger partial charge on any atom is 0.321 e. The fourth-order valence-electron chi connectivity index (χ4n) is 1.99. The summed E-state index contributed by atoms with van der Waals surface area (Å²) in [5.74, 6) is 0.735. The average molecular weight is 315 g/mol. The van der Waals surface area contributed by atoms with E-state index in [-0.39, 0.29) is 6.03 Å². The molecule has 0 radical (unpaired) electrons. The largest absolute Gasteiger partial charge is 0.494 e. The highest BCUT2D eigenvalue weighted by Crippen LogP contribution is 2.41. The van der Waals surface area contributed by atoms with Gasteiger partial charge in [0.1, 0.15) is 5.75 Å². The zero-order valence-electron chi connectivity index (χ0n) is 11.6. The molecule has 2 amide bonds. The van der Waals surface area contributed by atoms with Crippen LogP contribution in [0.3, 0.4) is 0 Å². The van der Waals surface area contributed by atoms with E-state index in [0.717, 1.165) is 32.6 Å². The van der Waals surface area contributed by atoms with Crippen molar-refractivity contribution < 1.29 is 9.53 Å². The molecular weight excluding hydrogens is 296 g/mol. The molecule has 0 spiro atoms. The van der Waals surface area contributed by atoms with Crippen LogP contribution in [0.15, 0.2) is 4.47 Å². The van der Waals surface area contributed by atoms with Gasteiger partial charge in [0.15, 0.2) is 0 Å². The van der Waals surface area contributed by atoms with Crippen LogP contribution in [0.4, 0.5) is 10.5 Å². The monoisotopic (exact) mass is 314 g/mol. The van der Waals surface area contributed by atoms with E-state index in [1.807, 2.05) is 20.8 Å². The molecule has 0 aromatic heterocycles. The molecule has 0 aliphatic rings. The van der Waals surface area contributed by atoms with Gasteiger partial charge in [0.2, 0.25) is 0 Å². The third-order valence-electron chi connectivity index (χ3n) is 3.19. The first kappa shape index (κ1) is 14.8. The van der Waals surface area contributed by atoms with Gasteiger partial charge in [-0.1, -0.05) is 15.9 Å². The normalized spacial score (nSPS) is 10.2. The van der Waals surface area contributed by atoms with Crippen molar-refractivity contribution in [2.45, 2.75) is 20.8 Å². The van der Waals surface area contributed by atoms with Gasteiger partial charge in [0.05, 0.1) is 12.8 Å². The smallest absolute Gasteiger partial charge is 0.321 e. The lowest BCUT2D eigenvalue weighted by Gasteiger charge is -2.25. The molecule has 0 atom stereocenters. The lowest BCUT2D eigenvalue weighted by Crippen LogP contribution is -2.35. The van der Waals surface area contributed by atoms with E-state index in [1.165, 1.54) is 0 Å². The molecule has 4 nitrogen and oxygen atoms in total. The molecule has 18 heavy (non-hydrogen) atoms. The van der Waals surface area contributed by atoms with Crippen LogP contribution in [0, 0.1) is 20.8 Å². The third kappa shape index (κ3) is 2.32. The van der Waals surface area contributed by atoms with Crippen molar-refractivity contribution in [3.8, 4) is 5.75 Å². The summed E-state index contributed by atoms with van der Waals surface area (Å²) in [4.78, 5) is 13.3. The number of urea groups is 1. The van der Waals surface area contributed by atoms with Crippen LogP contribution in [0.1, 0.15) is 16.7 Å². The average Bonchev–Trinajstić information content (AvgIpc) is 2.38. The predicted octanol–water partition coefficient (Wildman–Crippen LogP) is 3.16. The van der Waals surface area contributed by atoms with Crippen molar-refractivity contribution >= 4 is 27.6 Å². The Morgan fingerprint density at radius 1 is 1.22 bits per heavy atom. The second kappa shape index (κ2) is 5.61. The minimum absolute atomic E-state index is 0.174. The summed E-state index contributed by atoms with van der Waals surface area (Å²) >= 11 is 3.57. The molecule has 0 unspecified atom stereocenters. The molecule has 1 aromatic carbocycles. The topological polar surface area (TPSA) is 41.6 Å². The molecule has 100 valence electrons. The Labute approximate surface area is 116 Å². The second-order valence-electron chi connectivity index (χ2n) is 4.19. The first-order valence-corrected chi connectivity index (χ1v) is 6.44. The van der Waals surface area contributed by atoms with Gasteiger partial charge in [-0.3, -0.25) is 4.90 Å². The highest BCUT2D eigenvalue weighted by molar-refractivity contribution is 9.10. The molecule has 0 aliphatic heterocycles. The molecule has 0 saturated carbocycles. The Hall–Kier alpha value is -1.23. The van der Waals surface area contributed by atoms with E-state index in [1.54, 1.807) is 26.1 Å². The molecule has 0 saturated heterocycles. The summed E-state index contributed by atoms with van der Waals surface area (Å²) in [6.07, 6.45) is 0. The SMILES string of the molecule is CNC(=O)N(C)c1c(C)c(Br)c(C)c(C)c1OC. The fourth-order valence-corrected chi connectivity index (χ4v) is 2.48. The van der Waals surface area contributed by atoms with E-state index in [2.05, 4.69) is 21.2 Å². The molecule has 1 aromatic rings. The quantitative estimate of drug-likeness (QED) is 0.911. The van der Waals surface area contributed by atoms with Crippen LogP contribution < -0.4 is 15.0 Å². The molecule has 0 fully saturated rings. The number of methoxy groups -OCH3 is 1. The number of amides is 2. The van der Waals surface area contributed by atoms with Crippen LogP contribution >= 0.6 is 15.9 Å². The maximum atomic E-state index is 11.8. The predicted molar refractivity (Wildman–Crippen MR) is 77.8 cm³/mol. The zero-order valence-corrected chi connectivity index (χ0v) is 13.2. The summed E-state index contributed by atoms with van der Waals surface area (Å²) in [5.41, 5.74) is 3.92. The third-order valence-corrected chi connectivity index (χ3v) is 4.38. The number of rotatable bonds is 2. The molecule has 0 aliphatic carbocycles. The van der Waals surface area contributed by atoms with Gasteiger partial charge in [-0.2, -0.15) is 0 Å².